The van der Waals surface area contributed by atoms with Crippen molar-refractivity contribution in [2.45, 2.75) is 18.9 Å². The third-order valence-electron chi connectivity index (χ3n) is 4.10. The molecule has 0 aliphatic carbocycles. The van der Waals surface area contributed by atoms with Gasteiger partial charge in [-0.15, -0.1) is 0 Å². The van der Waals surface area contributed by atoms with Gasteiger partial charge in [-0.1, -0.05) is 18.2 Å². The maximum Gasteiger partial charge on any atom is 0.263 e. The van der Waals surface area contributed by atoms with Crippen LogP contribution in [-0.2, 0) is 9.53 Å². The molecule has 1 saturated heterocycles. The minimum Gasteiger partial charge on any atom is -0.457 e. The normalized spacial score (nSPS) is 16.4. The maximum absolute atomic E-state index is 12.1. The fourth-order valence-corrected chi connectivity index (χ4v) is 2.66. The third-order valence-corrected chi connectivity index (χ3v) is 4.10. The maximum atomic E-state index is 12.1. The number of ether oxygens (including phenoxy) is 2. The largest absolute Gasteiger partial charge is 0.457 e. The van der Waals surface area contributed by atoms with Gasteiger partial charge in [0.1, 0.15) is 23.1 Å². The minimum absolute atomic E-state index is 0.0117. The summed E-state index contributed by atoms with van der Waals surface area (Å²) in [6.07, 6.45) is 3.38. The molecule has 1 atom stereocenters. The van der Waals surface area contributed by atoms with Gasteiger partial charge in [-0.3, -0.25) is 4.79 Å². The van der Waals surface area contributed by atoms with E-state index in [1.54, 1.807) is 0 Å². The smallest absolute Gasteiger partial charge is 0.263 e. The van der Waals surface area contributed by atoms with Crippen molar-refractivity contribution in [3.63, 3.8) is 0 Å². The minimum atomic E-state index is -0.412. The van der Waals surface area contributed by atoms with E-state index in [-0.39, 0.29) is 11.7 Å². The number of carbonyl (C=O) groups is 1. The first-order valence-electron chi connectivity index (χ1n) is 8.84. The predicted octanol–water partition coefficient (Wildman–Crippen LogP) is 3.59. The molecule has 2 aromatic carbocycles. The molecular formula is C21H21N3O3. The molecule has 0 bridgehead atoms. The van der Waals surface area contributed by atoms with Crippen LogP contribution >= 0.6 is 0 Å². The number of hydrogen-bond acceptors (Lipinski definition) is 5. The van der Waals surface area contributed by atoms with Crippen LogP contribution in [0, 0.1) is 11.3 Å². The van der Waals surface area contributed by atoms with Gasteiger partial charge in [0.25, 0.3) is 5.91 Å². The molecule has 1 aliphatic rings. The van der Waals surface area contributed by atoms with Crippen LogP contribution in [0.3, 0.4) is 0 Å². The summed E-state index contributed by atoms with van der Waals surface area (Å²) in [7, 11) is 0. The number of benzene rings is 2. The van der Waals surface area contributed by atoms with Crippen molar-refractivity contribution in [1.29, 1.82) is 5.26 Å². The number of rotatable bonds is 7. The Morgan fingerprint density at radius 1 is 1.19 bits per heavy atom. The molecule has 1 aliphatic heterocycles. The molecule has 3 rings (SSSR count). The van der Waals surface area contributed by atoms with Crippen LogP contribution < -0.4 is 15.4 Å². The van der Waals surface area contributed by atoms with Gasteiger partial charge in [0, 0.05) is 25.0 Å². The highest BCUT2D eigenvalue weighted by molar-refractivity contribution is 5.97. The van der Waals surface area contributed by atoms with Gasteiger partial charge in [0.2, 0.25) is 0 Å². The lowest BCUT2D eigenvalue weighted by atomic mass is 10.2. The van der Waals surface area contributed by atoms with E-state index in [0.717, 1.165) is 30.9 Å². The summed E-state index contributed by atoms with van der Waals surface area (Å²) in [5.74, 6) is 1.04. The second-order valence-corrected chi connectivity index (χ2v) is 6.10. The monoisotopic (exact) mass is 363 g/mol. The zero-order valence-corrected chi connectivity index (χ0v) is 14.9. The van der Waals surface area contributed by atoms with Gasteiger partial charge < -0.3 is 20.1 Å². The molecule has 6 heteroatoms. The highest BCUT2D eigenvalue weighted by atomic mass is 16.5. The van der Waals surface area contributed by atoms with Crippen molar-refractivity contribution < 1.29 is 14.3 Å². The van der Waals surface area contributed by atoms with E-state index in [4.69, 9.17) is 9.47 Å². The van der Waals surface area contributed by atoms with Crippen molar-refractivity contribution in [3.05, 3.63) is 66.4 Å². The Labute approximate surface area is 158 Å². The summed E-state index contributed by atoms with van der Waals surface area (Å²) in [5, 5.41) is 14.9. The van der Waals surface area contributed by atoms with E-state index in [2.05, 4.69) is 10.6 Å². The third kappa shape index (κ3) is 5.59. The fourth-order valence-electron chi connectivity index (χ4n) is 2.66. The van der Waals surface area contributed by atoms with Gasteiger partial charge in [0.15, 0.2) is 0 Å². The van der Waals surface area contributed by atoms with E-state index in [1.807, 2.05) is 60.7 Å². The zero-order valence-electron chi connectivity index (χ0n) is 14.9. The summed E-state index contributed by atoms with van der Waals surface area (Å²) in [6, 6.07) is 18.7. The second-order valence-electron chi connectivity index (χ2n) is 6.10. The lowest BCUT2D eigenvalue weighted by molar-refractivity contribution is -0.117. The zero-order chi connectivity index (χ0) is 18.9. The molecule has 1 fully saturated rings. The number of nitrogens with zero attached hydrogens (tertiary/aromatic N) is 1. The Morgan fingerprint density at radius 3 is 2.59 bits per heavy atom. The quantitative estimate of drug-likeness (QED) is 0.580. The topological polar surface area (TPSA) is 83.4 Å². The summed E-state index contributed by atoms with van der Waals surface area (Å²) < 4.78 is 11.2. The number of nitriles is 1. The van der Waals surface area contributed by atoms with E-state index in [9.17, 15) is 10.1 Å². The van der Waals surface area contributed by atoms with Crippen LogP contribution in [0.15, 0.2) is 66.4 Å². The first-order valence-corrected chi connectivity index (χ1v) is 8.84. The Balaban J connectivity index is 1.53. The Morgan fingerprint density at radius 2 is 1.93 bits per heavy atom. The Hall–Kier alpha value is -3.30. The van der Waals surface area contributed by atoms with Crippen molar-refractivity contribution in [1.82, 2.24) is 5.32 Å². The first kappa shape index (κ1) is 18.5. The van der Waals surface area contributed by atoms with Crippen LogP contribution in [0.1, 0.15) is 12.8 Å². The molecule has 0 aromatic heterocycles. The Kier molecular flexibility index (Phi) is 6.45. The average molecular weight is 363 g/mol. The van der Waals surface area contributed by atoms with E-state index in [0.29, 0.717) is 12.3 Å². The lowest BCUT2D eigenvalue weighted by Gasteiger charge is -2.10. The first-order chi connectivity index (χ1) is 13.2. The molecule has 2 aromatic rings. The van der Waals surface area contributed by atoms with E-state index in [1.165, 1.54) is 6.20 Å². The van der Waals surface area contributed by atoms with E-state index < -0.39 is 5.91 Å². The van der Waals surface area contributed by atoms with Gasteiger partial charge in [0.05, 0.1) is 6.10 Å². The van der Waals surface area contributed by atoms with Crippen molar-refractivity contribution in [2.75, 3.05) is 18.5 Å². The number of amides is 1. The molecule has 1 heterocycles. The molecule has 2 N–H and O–H groups in total. The highest BCUT2D eigenvalue weighted by Gasteiger charge is 2.17. The number of nitrogens with one attached hydrogen (secondary N) is 2. The van der Waals surface area contributed by atoms with Crippen molar-refractivity contribution in [3.8, 4) is 17.6 Å². The number of anilines is 1. The molecular weight excluding hydrogens is 342 g/mol. The molecule has 6 nitrogen and oxygen atoms in total. The highest BCUT2D eigenvalue weighted by Crippen LogP contribution is 2.22. The molecule has 138 valence electrons. The van der Waals surface area contributed by atoms with Crippen LogP contribution in [0.25, 0.3) is 0 Å². The van der Waals surface area contributed by atoms with Gasteiger partial charge >= 0.3 is 0 Å². The predicted molar refractivity (Wildman–Crippen MR) is 102 cm³/mol. The van der Waals surface area contributed by atoms with Crippen molar-refractivity contribution >= 4 is 11.6 Å². The summed E-state index contributed by atoms with van der Waals surface area (Å²) in [5.41, 5.74) is 0.757. The van der Waals surface area contributed by atoms with Gasteiger partial charge in [-0.2, -0.15) is 5.26 Å². The van der Waals surface area contributed by atoms with Crippen LogP contribution in [-0.4, -0.2) is 25.2 Å². The SMILES string of the molecule is N#C/C(=C/Nc1ccc(Oc2ccccc2)cc1)C(=O)NCC1CCCO1. The molecule has 0 saturated carbocycles. The van der Waals surface area contributed by atoms with E-state index >= 15 is 0 Å². The van der Waals surface area contributed by atoms with Gasteiger partial charge in [-0.05, 0) is 49.2 Å². The summed E-state index contributed by atoms with van der Waals surface area (Å²) >= 11 is 0. The molecule has 27 heavy (non-hydrogen) atoms. The van der Waals surface area contributed by atoms with Crippen LogP contribution in [0.4, 0.5) is 5.69 Å². The number of hydrogen-bond donors (Lipinski definition) is 2. The summed E-state index contributed by atoms with van der Waals surface area (Å²) in [6.45, 7) is 1.15. The van der Waals surface area contributed by atoms with Crippen LogP contribution in [0.2, 0.25) is 0 Å². The summed E-state index contributed by atoms with van der Waals surface area (Å²) in [4.78, 5) is 12.1. The standard InChI is InChI=1S/C21H21N3O3/c22-13-16(21(25)24-15-20-7-4-12-26-20)14-23-17-8-10-19(11-9-17)27-18-5-2-1-3-6-18/h1-3,5-6,8-11,14,20,23H,4,7,12,15H2,(H,24,25)/b16-14-. The average Bonchev–Trinajstić information content (AvgIpc) is 3.22. The lowest BCUT2D eigenvalue weighted by Crippen LogP contribution is -2.32. The molecule has 0 spiro atoms. The molecule has 1 unspecified atom stereocenters. The van der Waals surface area contributed by atoms with Gasteiger partial charge in [-0.25, -0.2) is 0 Å². The second kappa shape index (κ2) is 9.41. The number of carbonyl (C=O) groups excluding carboxylic acids is 1. The Bertz CT molecular complexity index is 820. The molecule has 0 radical (unpaired) electrons. The molecule has 1 amide bonds. The fraction of sp³-hybridized carbons (Fsp3) is 0.238. The van der Waals surface area contributed by atoms with Crippen molar-refractivity contribution in [2.24, 2.45) is 0 Å². The van der Waals surface area contributed by atoms with Crippen LogP contribution in [0.5, 0.6) is 11.5 Å². The number of para-hydroxylation sites is 1.